The van der Waals surface area contributed by atoms with Crippen LogP contribution in [0.15, 0.2) is 71.8 Å². The van der Waals surface area contributed by atoms with Crippen LogP contribution in [0.25, 0.3) is 33.4 Å². The summed E-state index contributed by atoms with van der Waals surface area (Å²) in [5, 5.41) is 14.4. The van der Waals surface area contributed by atoms with Crippen LogP contribution in [0, 0.1) is 0 Å². The van der Waals surface area contributed by atoms with E-state index in [1.165, 1.54) is 33.3 Å². The first-order valence-corrected chi connectivity index (χ1v) is 9.45. The van der Waals surface area contributed by atoms with Gasteiger partial charge in [0.2, 0.25) is 0 Å². The van der Waals surface area contributed by atoms with Crippen molar-refractivity contribution < 1.29 is 22.7 Å². The van der Waals surface area contributed by atoms with E-state index >= 15 is 0 Å². The highest BCUT2D eigenvalue weighted by Crippen LogP contribution is 2.35. The molecule has 0 radical (unpaired) electrons. The highest BCUT2D eigenvalue weighted by molar-refractivity contribution is 6.29. The van der Waals surface area contributed by atoms with Gasteiger partial charge in [0.25, 0.3) is 0 Å². The van der Waals surface area contributed by atoms with Gasteiger partial charge in [-0.3, -0.25) is 0 Å². The molecule has 0 saturated carbocycles. The number of alkyl halides is 3. The summed E-state index contributed by atoms with van der Waals surface area (Å²) in [6, 6.07) is 12.5. The first-order valence-electron chi connectivity index (χ1n) is 9.08. The maximum atomic E-state index is 13.5. The minimum absolute atomic E-state index is 0.103. The molecule has 31 heavy (non-hydrogen) atoms. The molecule has 0 fully saturated rings. The predicted octanol–water partition coefficient (Wildman–Crippen LogP) is 3.95. The first-order chi connectivity index (χ1) is 14.8. The van der Waals surface area contributed by atoms with Gasteiger partial charge in [-0.05, 0) is 42.0 Å². The van der Waals surface area contributed by atoms with E-state index in [2.05, 4.69) is 4.98 Å². The summed E-state index contributed by atoms with van der Waals surface area (Å²) in [6.07, 6.45) is -1.65. The number of nitrogens with zero attached hydrogens (tertiary/aromatic N) is 3. The fourth-order valence-electron chi connectivity index (χ4n) is 3.72. The number of pyridine rings is 2. The molecule has 0 atom stereocenters. The zero-order valence-corrected chi connectivity index (χ0v) is 16.3. The molecule has 1 aromatic carbocycles. The topological polar surface area (TPSA) is 61.5 Å². The zero-order valence-electron chi connectivity index (χ0n) is 15.5. The van der Waals surface area contributed by atoms with E-state index < -0.39 is 23.2 Å². The second kappa shape index (κ2) is 6.68. The summed E-state index contributed by atoms with van der Waals surface area (Å²) in [6.45, 7) is 0. The molecule has 0 saturated heterocycles. The molecular formula is C22H11ClF3N3O2. The summed E-state index contributed by atoms with van der Waals surface area (Å²) in [4.78, 5) is 17.2. The van der Waals surface area contributed by atoms with Crippen molar-refractivity contribution in [1.82, 2.24) is 9.38 Å². The summed E-state index contributed by atoms with van der Waals surface area (Å²) < 4.78 is 42.2. The number of hydrogen-bond acceptors (Lipinski definition) is 3. The standard InChI is InChI=1S/C22H11ClF3N3O2/c23-17-7-6-14(11-27-17)16-10-13-4-2-8-28-19(13)29(16)21(31)18(20(28)30)12-3-1-5-15(9-12)22(24,25)26/h1-11H. The average Bonchev–Trinajstić information content (AvgIpc) is 3.13. The fourth-order valence-corrected chi connectivity index (χ4v) is 3.84. The van der Waals surface area contributed by atoms with Gasteiger partial charge >= 0.3 is 17.4 Å². The van der Waals surface area contributed by atoms with Crippen molar-refractivity contribution in [3.05, 3.63) is 88.1 Å². The van der Waals surface area contributed by atoms with Crippen LogP contribution in [-0.4, -0.2) is 9.38 Å². The monoisotopic (exact) mass is 441 g/mol. The molecule has 0 aliphatic carbocycles. The van der Waals surface area contributed by atoms with Crippen molar-refractivity contribution in [2.24, 2.45) is 0 Å². The van der Waals surface area contributed by atoms with Crippen molar-refractivity contribution in [1.29, 1.82) is 0 Å². The van der Waals surface area contributed by atoms with E-state index in [9.17, 15) is 23.1 Å². The minimum Gasteiger partial charge on any atom is -0.841 e. The zero-order chi connectivity index (χ0) is 21.9. The van der Waals surface area contributed by atoms with Gasteiger partial charge in [0.15, 0.2) is 0 Å². The molecule has 5 nitrogen and oxygen atoms in total. The lowest BCUT2D eigenvalue weighted by Crippen LogP contribution is -2.43. The number of aromatic nitrogens is 3. The van der Waals surface area contributed by atoms with Gasteiger partial charge in [-0.1, -0.05) is 23.7 Å². The molecule has 0 N–H and O–H groups in total. The van der Waals surface area contributed by atoms with E-state index in [0.717, 1.165) is 12.1 Å². The average molecular weight is 442 g/mol. The Hall–Kier alpha value is -3.65. The molecule has 0 unspecified atom stereocenters. The number of hydrogen-bond donors (Lipinski definition) is 0. The molecule has 4 heterocycles. The lowest BCUT2D eigenvalue weighted by Gasteiger charge is -2.14. The Labute approximate surface area is 177 Å². The van der Waals surface area contributed by atoms with Gasteiger partial charge in [-0.15, -0.1) is 0 Å². The predicted molar refractivity (Wildman–Crippen MR) is 106 cm³/mol. The number of halogens is 4. The van der Waals surface area contributed by atoms with Crippen LogP contribution in [0.5, 0.6) is 5.88 Å². The van der Waals surface area contributed by atoms with Gasteiger partial charge < -0.3 is 5.11 Å². The van der Waals surface area contributed by atoms with Crippen molar-refractivity contribution in [2.75, 3.05) is 0 Å². The Morgan fingerprint density at radius 1 is 1.03 bits per heavy atom. The Balaban J connectivity index is 1.89. The SMILES string of the molecule is O=c1c(-c2cccc(C(F)(F)F)c2)c([O-])n2c(-c3ccc(Cl)nc3)cc3ccc[n+]1c32. The van der Waals surface area contributed by atoms with Gasteiger partial charge in [0, 0.05) is 17.8 Å². The Bertz CT molecular complexity index is 1510. The normalized spacial score (nSPS) is 12.1. The maximum absolute atomic E-state index is 13.5. The summed E-state index contributed by atoms with van der Waals surface area (Å²) in [7, 11) is 0. The van der Waals surface area contributed by atoms with Crippen molar-refractivity contribution in [3.63, 3.8) is 0 Å². The molecule has 0 aliphatic heterocycles. The first kappa shape index (κ1) is 19.3. The van der Waals surface area contributed by atoms with Gasteiger partial charge in [0.1, 0.15) is 16.4 Å². The summed E-state index contributed by atoms with van der Waals surface area (Å²) in [5.41, 5.74) is -0.745. The molecular weight excluding hydrogens is 431 g/mol. The van der Waals surface area contributed by atoms with E-state index in [1.54, 1.807) is 30.3 Å². The molecule has 0 bridgehead atoms. The highest BCUT2D eigenvalue weighted by Gasteiger charge is 2.31. The largest absolute Gasteiger partial charge is 0.841 e. The van der Waals surface area contributed by atoms with E-state index in [1.807, 2.05) is 0 Å². The van der Waals surface area contributed by atoms with Crippen molar-refractivity contribution in [2.45, 2.75) is 6.18 Å². The van der Waals surface area contributed by atoms with Crippen LogP contribution in [-0.2, 0) is 6.18 Å². The quantitative estimate of drug-likeness (QED) is 0.308. The second-order valence-electron chi connectivity index (χ2n) is 6.96. The Kier molecular flexibility index (Phi) is 4.16. The van der Waals surface area contributed by atoms with Crippen molar-refractivity contribution in [3.8, 4) is 28.3 Å². The molecule has 4 aromatic heterocycles. The number of rotatable bonds is 2. The lowest BCUT2D eigenvalue weighted by molar-refractivity contribution is -0.531. The molecule has 5 rings (SSSR count). The summed E-state index contributed by atoms with van der Waals surface area (Å²) in [5.74, 6) is -0.713. The van der Waals surface area contributed by atoms with Gasteiger partial charge in [-0.25, -0.2) is 14.2 Å². The Morgan fingerprint density at radius 2 is 1.84 bits per heavy atom. The van der Waals surface area contributed by atoms with Crippen molar-refractivity contribution >= 4 is 22.6 Å². The third kappa shape index (κ3) is 2.98. The molecule has 9 heteroatoms. The smallest absolute Gasteiger partial charge is 0.416 e. The van der Waals surface area contributed by atoms with Gasteiger partial charge in [0.05, 0.1) is 23.0 Å². The van der Waals surface area contributed by atoms with Crippen LogP contribution in [0.2, 0.25) is 5.15 Å². The fraction of sp³-hybridized carbons (Fsp3) is 0.0455. The molecule has 0 aliphatic rings. The van der Waals surface area contributed by atoms with E-state index in [4.69, 9.17) is 11.6 Å². The van der Waals surface area contributed by atoms with Crippen LogP contribution in [0.1, 0.15) is 5.56 Å². The number of benzene rings is 1. The van der Waals surface area contributed by atoms with Crippen LogP contribution in [0.4, 0.5) is 13.2 Å². The minimum atomic E-state index is -4.61. The highest BCUT2D eigenvalue weighted by atomic mass is 35.5. The molecule has 0 spiro atoms. The van der Waals surface area contributed by atoms with E-state index in [0.29, 0.717) is 22.3 Å². The van der Waals surface area contributed by atoms with Crippen LogP contribution in [0.3, 0.4) is 0 Å². The third-order valence-corrected chi connectivity index (χ3v) is 5.32. The van der Waals surface area contributed by atoms with Gasteiger partial charge in [-0.2, -0.15) is 17.6 Å². The second-order valence-corrected chi connectivity index (χ2v) is 7.34. The molecule has 0 amide bonds. The maximum Gasteiger partial charge on any atom is 0.416 e. The van der Waals surface area contributed by atoms with Crippen LogP contribution >= 0.6 is 11.6 Å². The van der Waals surface area contributed by atoms with E-state index in [-0.39, 0.29) is 16.3 Å². The lowest BCUT2D eigenvalue weighted by atomic mass is 10.0. The molecule has 154 valence electrons. The van der Waals surface area contributed by atoms with Crippen LogP contribution < -0.4 is 15.1 Å². The third-order valence-electron chi connectivity index (χ3n) is 5.09. The summed E-state index contributed by atoms with van der Waals surface area (Å²) >= 11 is 5.86. The molecule has 5 aromatic rings. The Morgan fingerprint density at radius 3 is 2.55 bits per heavy atom.